The van der Waals surface area contributed by atoms with E-state index in [-0.39, 0.29) is 20.7 Å². The number of anilines is 1. The molecule has 14 heavy (non-hydrogen) atoms. The van der Waals surface area contributed by atoms with Crippen LogP contribution in [0.1, 0.15) is 18.2 Å². The first-order chi connectivity index (χ1) is 6.69. The fraction of sp³-hybridized carbons (Fsp3) is 0.100. The van der Waals surface area contributed by atoms with Gasteiger partial charge in [0.25, 0.3) is 0 Å². The van der Waals surface area contributed by atoms with Crippen LogP contribution in [0.25, 0.3) is 12.2 Å². The molecular formula is C10H11IN2O. The van der Waals surface area contributed by atoms with Crippen molar-refractivity contribution in [2.75, 3.05) is 5.73 Å². The van der Waals surface area contributed by atoms with Gasteiger partial charge < -0.3 is 10.3 Å². The van der Waals surface area contributed by atoms with E-state index in [2.05, 4.69) is 22.0 Å². The minimum Gasteiger partial charge on any atom is -0.367 e. The Hall–Kier alpha value is -1.13. The van der Waals surface area contributed by atoms with Crippen LogP contribution in [0, 0.1) is 0 Å². The van der Waals surface area contributed by atoms with Gasteiger partial charge in [-0.15, -0.1) is 5.73 Å². The van der Waals surface area contributed by atoms with E-state index < -0.39 is 0 Å². The number of nitrogen functional groups attached to an aromatic ring is 1. The minimum absolute atomic E-state index is 0.156. The Balaban J connectivity index is 3.21. The van der Waals surface area contributed by atoms with Crippen molar-refractivity contribution in [3.05, 3.63) is 27.1 Å². The second-order valence-electron chi connectivity index (χ2n) is 2.56. The molecule has 74 valence electrons. The molecule has 0 saturated heterocycles. The molecule has 0 spiro atoms. The van der Waals surface area contributed by atoms with Crippen LogP contribution in [-0.2, 0) is 0 Å². The molecule has 0 aliphatic carbocycles. The molecule has 0 bridgehead atoms. The van der Waals surface area contributed by atoms with Crippen molar-refractivity contribution in [3.63, 3.8) is 0 Å². The highest BCUT2D eigenvalue weighted by molar-refractivity contribution is 14.2. The van der Waals surface area contributed by atoms with Crippen molar-refractivity contribution < 1.29 is 4.52 Å². The van der Waals surface area contributed by atoms with Crippen molar-refractivity contribution in [3.8, 4) is 0 Å². The number of nitrogens with zero attached hydrogens (tertiary/aromatic N) is 1. The predicted molar refractivity (Wildman–Crippen MR) is 69.3 cm³/mol. The van der Waals surface area contributed by atoms with Crippen LogP contribution in [0.5, 0.6) is 0 Å². The summed E-state index contributed by atoms with van der Waals surface area (Å²) in [5, 5.41) is 3.84. The molecule has 0 fully saturated rings. The highest BCUT2D eigenvalue weighted by atomic mass is 127. The number of halogens is 1. The van der Waals surface area contributed by atoms with Crippen molar-refractivity contribution in [2.24, 2.45) is 0 Å². The molecule has 0 radical (unpaired) electrons. The van der Waals surface area contributed by atoms with Gasteiger partial charge in [0.05, 0.1) is 5.56 Å². The monoisotopic (exact) mass is 302 g/mol. The zero-order valence-corrected chi connectivity index (χ0v) is 10.0. The van der Waals surface area contributed by atoms with E-state index in [0.29, 0.717) is 5.88 Å². The van der Waals surface area contributed by atoms with Gasteiger partial charge in [0.2, 0.25) is 5.88 Å². The van der Waals surface area contributed by atoms with Gasteiger partial charge >= 0.3 is 0 Å². The predicted octanol–water partition coefficient (Wildman–Crippen LogP) is 2.82. The summed E-state index contributed by atoms with van der Waals surface area (Å²) in [5.74, 6) is 0.294. The summed E-state index contributed by atoms with van der Waals surface area (Å²) < 4.78 is 9.97. The maximum absolute atomic E-state index is 5.58. The molecule has 0 aliphatic rings. The quantitative estimate of drug-likeness (QED) is 0.690. The largest absolute Gasteiger partial charge is 0.367 e. The van der Waals surface area contributed by atoms with E-state index in [0.717, 1.165) is 11.3 Å². The summed E-state index contributed by atoms with van der Waals surface area (Å²) >= 11 is -0.156. The lowest BCUT2D eigenvalue weighted by molar-refractivity contribution is 0.435. The molecule has 0 aliphatic heterocycles. The zero-order valence-electron chi connectivity index (χ0n) is 7.88. The van der Waals surface area contributed by atoms with Crippen LogP contribution in [0.3, 0.4) is 0 Å². The maximum atomic E-state index is 5.58. The van der Waals surface area contributed by atoms with Crippen molar-refractivity contribution in [1.29, 1.82) is 0 Å². The van der Waals surface area contributed by atoms with Crippen molar-refractivity contribution in [1.82, 2.24) is 5.16 Å². The van der Waals surface area contributed by atoms with E-state index in [1.54, 1.807) is 6.08 Å². The Labute approximate surface area is 92.7 Å². The Kier molecular flexibility index (Phi) is 3.85. The van der Waals surface area contributed by atoms with Crippen LogP contribution in [0.15, 0.2) is 20.4 Å². The van der Waals surface area contributed by atoms with Crippen LogP contribution >= 0.6 is 20.7 Å². The molecule has 0 unspecified atom stereocenters. The normalized spacial score (nSPS) is 11.1. The first-order valence-corrected chi connectivity index (χ1v) is 6.47. The third-order valence-corrected chi connectivity index (χ3v) is 3.09. The molecule has 0 amide bonds. The fourth-order valence-corrected chi connectivity index (χ4v) is 1.42. The fourth-order valence-electron chi connectivity index (χ4n) is 0.901. The highest BCUT2D eigenvalue weighted by Gasteiger charge is 2.08. The zero-order chi connectivity index (χ0) is 10.6. The highest BCUT2D eigenvalue weighted by Crippen LogP contribution is 2.22. The summed E-state index contributed by atoms with van der Waals surface area (Å²) in [4.78, 5) is 0. The molecule has 0 saturated carbocycles. The van der Waals surface area contributed by atoms with Crippen LogP contribution < -0.4 is 5.73 Å². The van der Waals surface area contributed by atoms with Gasteiger partial charge in [0.1, 0.15) is 5.69 Å². The van der Waals surface area contributed by atoms with E-state index in [1.807, 2.05) is 13.0 Å². The number of allylic oxidation sites excluding steroid dienone is 1. The van der Waals surface area contributed by atoms with Gasteiger partial charge in [-0.3, -0.25) is 0 Å². The lowest BCUT2D eigenvalue weighted by atomic mass is 10.2. The molecule has 0 aromatic carbocycles. The summed E-state index contributed by atoms with van der Waals surface area (Å²) in [6.45, 7) is 5.51. The SMILES string of the molecule is C=C=Cc1c(/C=C(/C)I=C)noc1N. The molecule has 4 heteroatoms. The van der Waals surface area contributed by atoms with Crippen molar-refractivity contribution in [2.45, 2.75) is 6.92 Å². The number of hydrogen-bond donors (Lipinski definition) is 1. The molecule has 0 atom stereocenters. The van der Waals surface area contributed by atoms with Gasteiger partial charge in [-0.05, 0) is 22.7 Å². The van der Waals surface area contributed by atoms with E-state index >= 15 is 0 Å². The number of hydrogen-bond acceptors (Lipinski definition) is 3. The molecular weight excluding hydrogens is 291 g/mol. The first kappa shape index (κ1) is 10.9. The number of aromatic nitrogens is 1. The van der Waals surface area contributed by atoms with E-state index in [1.165, 1.54) is 3.58 Å². The summed E-state index contributed by atoms with van der Waals surface area (Å²) in [6, 6.07) is 0. The first-order valence-electron chi connectivity index (χ1n) is 3.86. The number of nitrogens with two attached hydrogens (primary N) is 1. The Morgan fingerprint density at radius 2 is 2.43 bits per heavy atom. The Morgan fingerprint density at radius 3 is 3.00 bits per heavy atom. The third kappa shape index (κ3) is 2.43. The van der Waals surface area contributed by atoms with Crippen LogP contribution in [-0.4, -0.2) is 9.67 Å². The lowest BCUT2D eigenvalue weighted by Crippen LogP contribution is -1.84. The smallest absolute Gasteiger partial charge is 0.230 e. The summed E-state index contributed by atoms with van der Waals surface area (Å²) in [5.41, 5.74) is 9.69. The molecule has 2 N–H and O–H groups in total. The Bertz CT molecular complexity index is 425. The summed E-state index contributed by atoms with van der Waals surface area (Å²) in [6.07, 6.45) is 3.59. The second kappa shape index (κ2) is 4.93. The Morgan fingerprint density at radius 1 is 1.71 bits per heavy atom. The number of rotatable bonds is 3. The summed E-state index contributed by atoms with van der Waals surface area (Å²) in [7, 11) is 0. The van der Waals surface area contributed by atoms with Gasteiger partial charge in [0.15, 0.2) is 0 Å². The van der Waals surface area contributed by atoms with E-state index in [9.17, 15) is 0 Å². The van der Waals surface area contributed by atoms with E-state index in [4.69, 9.17) is 10.3 Å². The molecule has 1 heterocycles. The molecule has 3 nitrogen and oxygen atoms in total. The van der Waals surface area contributed by atoms with Gasteiger partial charge in [-0.25, -0.2) is 0 Å². The van der Waals surface area contributed by atoms with Gasteiger partial charge in [0, 0.05) is 0 Å². The standard InChI is InChI=1S/C10H11IN2O/c1-4-5-8-9(6-7(2)11-3)13-14-10(8)12/h5-6H,1,3,12H2,2H3/b7-6-. The van der Waals surface area contributed by atoms with Gasteiger partial charge in [-0.2, -0.15) is 0 Å². The van der Waals surface area contributed by atoms with Crippen molar-refractivity contribution >= 4 is 43.3 Å². The topological polar surface area (TPSA) is 52.0 Å². The third-order valence-electron chi connectivity index (χ3n) is 1.58. The molecule has 1 rings (SSSR count). The minimum atomic E-state index is -0.156. The van der Waals surface area contributed by atoms with Crippen LogP contribution in [0.4, 0.5) is 5.88 Å². The lowest BCUT2D eigenvalue weighted by Gasteiger charge is -1.89. The second-order valence-corrected chi connectivity index (χ2v) is 5.02. The molecule has 1 aromatic rings. The van der Waals surface area contributed by atoms with Crippen LogP contribution in [0.2, 0.25) is 0 Å². The average molecular weight is 302 g/mol. The van der Waals surface area contributed by atoms with Gasteiger partial charge in [-0.1, -0.05) is 37.0 Å². The molecule has 1 aromatic heterocycles. The maximum Gasteiger partial charge on any atom is 0.230 e. The average Bonchev–Trinajstić information content (AvgIpc) is 2.50.